The third-order valence-electron chi connectivity index (χ3n) is 4.51. The molecule has 18 heavy (non-hydrogen) atoms. The van der Waals surface area contributed by atoms with Crippen molar-refractivity contribution >= 4 is 14.6 Å². The van der Waals surface area contributed by atoms with Crippen molar-refractivity contribution in [2.24, 2.45) is 0 Å². The minimum Gasteiger partial charge on any atom is -0.414 e. The lowest BCUT2D eigenvalue weighted by Gasteiger charge is -2.43. The molecule has 0 heterocycles. The van der Waals surface area contributed by atoms with E-state index in [1.54, 1.807) is 0 Å². The molecule has 0 saturated heterocycles. The summed E-state index contributed by atoms with van der Waals surface area (Å²) < 4.78 is 6.35. The average molecular weight is 272 g/mol. The van der Waals surface area contributed by atoms with Crippen LogP contribution in [0.2, 0.25) is 18.1 Å². The summed E-state index contributed by atoms with van der Waals surface area (Å²) in [4.78, 5) is 10.6. The monoisotopic (exact) mass is 272 g/mol. The number of aldehydes is 1. The summed E-state index contributed by atoms with van der Waals surface area (Å²) in [5.41, 5.74) is -0.826. The van der Waals surface area contributed by atoms with E-state index in [0.717, 1.165) is 25.5 Å². The highest BCUT2D eigenvalue weighted by Gasteiger charge is 2.42. The summed E-state index contributed by atoms with van der Waals surface area (Å²) in [6.45, 7) is 11.1. The first-order valence-corrected chi connectivity index (χ1v) is 9.84. The Balaban J connectivity index is 2.66. The molecule has 3 nitrogen and oxygen atoms in total. The van der Waals surface area contributed by atoms with Crippen LogP contribution in [0, 0.1) is 0 Å². The smallest absolute Gasteiger partial charge is 0.192 e. The van der Waals surface area contributed by atoms with Gasteiger partial charge in [0.05, 0.1) is 5.60 Å². The van der Waals surface area contributed by atoms with Crippen LogP contribution in [0.1, 0.15) is 52.9 Å². The highest BCUT2D eigenvalue weighted by atomic mass is 28.4. The molecule has 0 bridgehead atoms. The fourth-order valence-electron chi connectivity index (χ4n) is 2.32. The molecule has 0 amide bonds. The SMILES string of the molecule is CC(C)(C)[Si](C)(C)O[C@H]1CCC[C@@](O)(CC=O)C1. The largest absolute Gasteiger partial charge is 0.414 e. The summed E-state index contributed by atoms with van der Waals surface area (Å²) in [5, 5.41) is 10.5. The normalized spacial score (nSPS) is 30.2. The Kier molecular flexibility index (Phi) is 4.79. The number of hydrogen-bond donors (Lipinski definition) is 1. The first-order valence-electron chi connectivity index (χ1n) is 6.93. The lowest BCUT2D eigenvalue weighted by Crippen LogP contribution is -2.48. The Morgan fingerprint density at radius 2 is 2.06 bits per heavy atom. The van der Waals surface area contributed by atoms with Crippen LogP contribution in [-0.4, -0.2) is 31.4 Å². The highest BCUT2D eigenvalue weighted by molar-refractivity contribution is 6.74. The van der Waals surface area contributed by atoms with E-state index in [9.17, 15) is 9.90 Å². The maximum Gasteiger partial charge on any atom is 0.192 e. The summed E-state index contributed by atoms with van der Waals surface area (Å²) >= 11 is 0. The molecule has 1 aliphatic carbocycles. The maximum atomic E-state index is 10.6. The van der Waals surface area contributed by atoms with Crippen LogP contribution < -0.4 is 0 Å². The van der Waals surface area contributed by atoms with E-state index < -0.39 is 13.9 Å². The summed E-state index contributed by atoms with van der Waals surface area (Å²) in [5.74, 6) is 0. The molecule has 4 heteroatoms. The van der Waals surface area contributed by atoms with Gasteiger partial charge in [-0.2, -0.15) is 0 Å². The number of carbonyl (C=O) groups excluding carboxylic acids is 1. The van der Waals surface area contributed by atoms with Gasteiger partial charge in [0.1, 0.15) is 6.29 Å². The zero-order valence-corrected chi connectivity index (χ0v) is 13.5. The molecule has 0 aromatic heterocycles. The van der Waals surface area contributed by atoms with E-state index >= 15 is 0 Å². The molecule has 0 radical (unpaired) electrons. The van der Waals surface area contributed by atoms with Gasteiger partial charge in [-0.25, -0.2) is 0 Å². The molecular weight excluding hydrogens is 244 g/mol. The van der Waals surface area contributed by atoms with Gasteiger partial charge < -0.3 is 14.3 Å². The molecule has 1 rings (SSSR count). The molecular formula is C14H28O3Si. The third kappa shape index (κ3) is 3.90. The van der Waals surface area contributed by atoms with Gasteiger partial charge in [0, 0.05) is 18.9 Å². The quantitative estimate of drug-likeness (QED) is 0.631. The van der Waals surface area contributed by atoms with E-state index in [-0.39, 0.29) is 17.6 Å². The molecule has 0 unspecified atom stereocenters. The van der Waals surface area contributed by atoms with Gasteiger partial charge in [0.2, 0.25) is 0 Å². The van der Waals surface area contributed by atoms with Gasteiger partial charge in [-0.05, 0) is 37.4 Å². The van der Waals surface area contributed by atoms with Gasteiger partial charge in [-0.1, -0.05) is 20.8 Å². The number of hydrogen-bond acceptors (Lipinski definition) is 3. The average Bonchev–Trinajstić information content (AvgIpc) is 2.14. The van der Waals surface area contributed by atoms with Gasteiger partial charge in [0.25, 0.3) is 0 Å². The van der Waals surface area contributed by atoms with Gasteiger partial charge in [0.15, 0.2) is 8.32 Å². The van der Waals surface area contributed by atoms with Crippen LogP contribution in [-0.2, 0) is 9.22 Å². The number of rotatable bonds is 4. The van der Waals surface area contributed by atoms with Crippen LogP contribution in [0.15, 0.2) is 0 Å². The van der Waals surface area contributed by atoms with E-state index in [1.807, 2.05) is 0 Å². The van der Waals surface area contributed by atoms with Crippen LogP contribution >= 0.6 is 0 Å². The topological polar surface area (TPSA) is 46.5 Å². The van der Waals surface area contributed by atoms with Crippen LogP contribution in [0.4, 0.5) is 0 Å². The van der Waals surface area contributed by atoms with Crippen molar-refractivity contribution in [1.82, 2.24) is 0 Å². The minimum absolute atomic E-state index is 0.115. The second-order valence-corrected chi connectivity index (χ2v) is 11.9. The zero-order chi connectivity index (χ0) is 14.0. The van der Waals surface area contributed by atoms with Crippen molar-refractivity contribution in [3.05, 3.63) is 0 Å². The lowest BCUT2D eigenvalue weighted by molar-refractivity contribution is -0.115. The Hall–Kier alpha value is -0.193. The van der Waals surface area contributed by atoms with Crippen molar-refractivity contribution in [1.29, 1.82) is 0 Å². The van der Waals surface area contributed by atoms with E-state index in [0.29, 0.717) is 6.42 Å². The Bertz CT molecular complexity index is 296. The molecule has 1 N–H and O–H groups in total. The highest BCUT2D eigenvalue weighted by Crippen LogP contribution is 2.40. The predicted octanol–water partition coefficient (Wildman–Crippen LogP) is 3.27. The summed E-state index contributed by atoms with van der Waals surface area (Å²) in [6.07, 6.45) is 4.47. The molecule has 1 saturated carbocycles. The van der Waals surface area contributed by atoms with Crippen molar-refractivity contribution in [3.8, 4) is 0 Å². The van der Waals surface area contributed by atoms with Crippen LogP contribution in [0.5, 0.6) is 0 Å². The lowest BCUT2D eigenvalue weighted by atomic mass is 9.81. The summed E-state index contributed by atoms with van der Waals surface area (Å²) in [7, 11) is -1.78. The van der Waals surface area contributed by atoms with Crippen molar-refractivity contribution in [2.75, 3.05) is 0 Å². The molecule has 0 aromatic rings. The fraction of sp³-hybridized carbons (Fsp3) is 0.929. The van der Waals surface area contributed by atoms with Gasteiger partial charge >= 0.3 is 0 Å². The number of aliphatic hydroxyl groups is 1. The second-order valence-electron chi connectivity index (χ2n) is 7.19. The molecule has 1 fully saturated rings. The van der Waals surface area contributed by atoms with E-state index in [2.05, 4.69) is 33.9 Å². The van der Waals surface area contributed by atoms with Crippen molar-refractivity contribution in [3.63, 3.8) is 0 Å². The minimum atomic E-state index is -1.78. The summed E-state index contributed by atoms with van der Waals surface area (Å²) in [6, 6.07) is 0. The van der Waals surface area contributed by atoms with Gasteiger partial charge in [-0.15, -0.1) is 0 Å². The van der Waals surface area contributed by atoms with Crippen LogP contribution in [0.25, 0.3) is 0 Å². The Morgan fingerprint density at radius 3 is 2.56 bits per heavy atom. The Morgan fingerprint density at radius 1 is 1.44 bits per heavy atom. The van der Waals surface area contributed by atoms with E-state index in [4.69, 9.17) is 4.43 Å². The van der Waals surface area contributed by atoms with Crippen LogP contribution in [0.3, 0.4) is 0 Å². The molecule has 0 aromatic carbocycles. The molecule has 0 spiro atoms. The first-order chi connectivity index (χ1) is 8.10. The third-order valence-corrected chi connectivity index (χ3v) is 9.04. The van der Waals surface area contributed by atoms with Crippen molar-refractivity contribution < 1.29 is 14.3 Å². The first kappa shape index (κ1) is 15.9. The predicted molar refractivity (Wildman–Crippen MR) is 76.2 cm³/mol. The fourth-order valence-corrected chi connectivity index (χ4v) is 3.71. The zero-order valence-electron chi connectivity index (χ0n) is 12.5. The maximum absolute atomic E-state index is 10.6. The van der Waals surface area contributed by atoms with Gasteiger partial charge in [-0.3, -0.25) is 0 Å². The Labute approximate surface area is 112 Å². The van der Waals surface area contributed by atoms with E-state index in [1.165, 1.54) is 0 Å². The molecule has 0 aliphatic heterocycles. The van der Waals surface area contributed by atoms with Crippen molar-refractivity contribution in [2.45, 2.75) is 82.7 Å². The standard InChI is InChI=1S/C14H28O3Si/c1-13(2,3)18(4,5)17-12-7-6-8-14(16,11-12)9-10-15/h10,12,16H,6-9,11H2,1-5H3/t12-,14+/m0/s1. The number of carbonyl (C=O) groups is 1. The molecule has 106 valence electrons. The second kappa shape index (κ2) is 5.43. The molecule has 1 aliphatic rings. The molecule has 2 atom stereocenters.